The number of H-pyrrole nitrogens is 1. The van der Waals surface area contributed by atoms with Crippen LogP contribution in [0.3, 0.4) is 0 Å². The third-order valence-electron chi connectivity index (χ3n) is 2.82. The number of fused-ring (bicyclic) bond motifs is 1. The van der Waals surface area contributed by atoms with Gasteiger partial charge in [-0.25, -0.2) is 9.97 Å². The number of nitrogens with one attached hydrogen (secondary N) is 1. The Hall–Kier alpha value is -2.43. The topological polar surface area (TPSA) is 63.7 Å². The highest BCUT2D eigenvalue weighted by atomic mass is 16.5. The minimum absolute atomic E-state index is 0.472. The molecule has 19 heavy (non-hydrogen) atoms. The summed E-state index contributed by atoms with van der Waals surface area (Å²) in [5, 5.41) is 0. The average molecular weight is 254 g/mol. The van der Waals surface area contributed by atoms with Crippen molar-refractivity contribution in [3.05, 3.63) is 47.5 Å². The lowest BCUT2D eigenvalue weighted by molar-refractivity contribution is 0.296. The van der Waals surface area contributed by atoms with E-state index < -0.39 is 0 Å². The van der Waals surface area contributed by atoms with E-state index in [0.29, 0.717) is 29.5 Å². The van der Waals surface area contributed by atoms with Gasteiger partial charge in [0.15, 0.2) is 11.2 Å². The predicted molar refractivity (Wildman–Crippen MR) is 71.9 cm³/mol. The summed E-state index contributed by atoms with van der Waals surface area (Å²) < 4.78 is 5.77. The smallest absolute Gasteiger partial charge is 0.246 e. The summed E-state index contributed by atoms with van der Waals surface area (Å²) in [6.07, 6.45) is 1.60. The van der Waals surface area contributed by atoms with Crippen molar-refractivity contribution >= 4 is 11.2 Å². The normalized spacial score (nSPS) is 10.8. The maximum absolute atomic E-state index is 5.77. The van der Waals surface area contributed by atoms with Crippen LogP contribution in [0.25, 0.3) is 11.2 Å². The molecule has 0 aliphatic heterocycles. The van der Waals surface area contributed by atoms with Crippen LogP contribution in [0.4, 0.5) is 0 Å². The largest absolute Gasteiger partial charge is 0.471 e. The Morgan fingerprint density at radius 2 is 2.11 bits per heavy atom. The van der Waals surface area contributed by atoms with E-state index in [1.807, 2.05) is 19.1 Å². The maximum Gasteiger partial charge on any atom is 0.246 e. The monoisotopic (exact) mass is 254 g/mol. The van der Waals surface area contributed by atoms with Crippen LogP contribution in [0.5, 0.6) is 5.88 Å². The lowest BCUT2D eigenvalue weighted by atomic mass is 10.1. The molecule has 0 saturated heterocycles. The van der Waals surface area contributed by atoms with Gasteiger partial charge in [-0.15, -0.1) is 0 Å². The number of ether oxygens (including phenoxy) is 1. The van der Waals surface area contributed by atoms with Crippen molar-refractivity contribution in [3.8, 4) is 5.88 Å². The molecule has 1 N–H and O–H groups in total. The molecule has 0 amide bonds. The maximum atomic E-state index is 5.77. The number of aromatic amines is 1. The number of hydrogen-bond acceptors (Lipinski definition) is 4. The number of imidazole rings is 1. The molecule has 0 atom stereocenters. The highest BCUT2D eigenvalue weighted by Gasteiger charge is 2.09. The van der Waals surface area contributed by atoms with Crippen molar-refractivity contribution in [2.45, 2.75) is 20.5 Å². The van der Waals surface area contributed by atoms with E-state index in [1.165, 1.54) is 5.56 Å². The van der Waals surface area contributed by atoms with E-state index in [9.17, 15) is 0 Å². The Kier molecular flexibility index (Phi) is 2.87. The van der Waals surface area contributed by atoms with Gasteiger partial charge in [-0.2, -0.15) is 4.98 Å². The Labute approximate surface area is 110 Å². The van der Waals surface area contributed by atoms with Gasteiger partial charge in [0, 0.05) is 0 Å². The Morgan fingerprint density at radius 1 is 1.21 bits per heavy atom. The highest BCUT2D eigenvalue weighted by Crippen LogP contribution is 2.19. The van der Waals surface area contributed by atoms with Crippen molar-refractivity contribution in [2.75, 3.05) is 0 Å². The SMILES string of the molecule is Cc1cccc(COc2nc(C)nc3[nH]cnc23)c1. The second-order valence-electron chi connectivity index (χ2n) is 4.45. The number of rotatable bonds is 3. The van der Waals surface area contributed by atoms with Crippen LogP contribution in [-0.4, -0.2) is 19.9 Å². The summed E-state index contributed by atoms with van der Waals surface area (Å²) in [6, 6.07) is 8.20. The van der Waals surface area contributed by atoms with E-state index in [0.717, 1.165) is 5.56 Å². The zero-order valence-corrected chi connectivity index (χ0v) is 10.8. The number of nitrogens with zero attached hydrogens (tertiary/aromatic N) is 3. The Morgan fingerprint density at radius 3 is 2.95 bits per heavy atom. The fourth-order valence-electron chi connectivity index (χ4n) is 1.97. The molecule has 0 bridgehead atoms. The number of aryl methyl sites for hydroxylation is 2. The molecule has 96 valence electrons. The summed E-state index contributed by atoms with van der Waals surface area (Å²) in [4.78, 5) is 15.7. The van der Waals surface area contributed by atoms with Gasteiger partial charge in [0.25, 0.3) is 0 Å². The second-order valence-corrected chi connectivity index (χ2v) is 4.45. The van der Waals surface area contributed by atoms with Crippen molar-refractivity contribution in [2.24, 2.45) is 0 Å². The number of hydrogen-bond donors (Lipinski definition) is 1. The van der Waals surface area contributed by atoms with Crippen LogP contribution < -0.4 is 4.74 Å². The molecular weight excluding hydrogens is 240 g/mol. The van der Waals surface area contributed by atoms with Gasteiger partial charge in [-0.05, 0) is 19.4 Å². The first-order valence-corrected chi connectivity index (χ1v) is 6.08. The molecule has 2 heterocycles. The van der Waals surface area contributed by atoms with E-state index >= 15 is 0 Å². The first-order valence-electron chi connectivity index (χ1n) is 6.08. The second kappa shape index (κ2) is 4.68. The molecule has 1 aromatic carbocycles. The van der Waals surface area contributed by atoms with Gasteiger partial charge < -0.3 is 9.72 Å². The van der Waals surface area contributed by atoms with Crippen LogP contribution in [0.15, 0.2) is 30.6 Å². The molecule has 0 saturated carbocycles. The third kappa shape index (κ3) is 2.40. The molecule has 0 fully saturated rings. The summed E-state index contributed by atoms with van der Waals surface area (Å²) in [5.74, 6) is 1.18. The molecule has 5 heteroatoms. The van der Waals surface area contributed by atoms with Gasteiger partial charge in [0.2, 0.25) is 5.88 Å². The quantitative estimate of drug-likeness (QED) is 0.780. The van der Waals surface area contributed by atoms with Gasteiger partial charge in [0.05, 0.1) is 6.33 Å². The molecule has 0 radical (unpaired) electrons. The zero-order chi connectivity index (χ0) is 13.2. The molecule has 0 unspecified atom stereocenters. The summed E-state index contributed by atoms with van der Waals surface area (Å²) in [6.45, 7) is 4.37. The number of benzene rings is 1. The molecule has 5 nitrogen and oxygen atoms in total. The Bertz CT molecular complexity index is 720. The van der Waals surface area contributed by atoms with Gasteiger partial charge in [-0.1, -0.05) is 29.8 Å². The molecule has 0 spiro atoms. The van der Waals surface area contributed by atoms with Gasteiger partial charge in [0.1, 0.15) is 12.4 Å². The summed E-state index contributed by atoms with van der Waals surface area (Å²) >= 11 is 0. The molecule has 3 aromatic rings. The number of aromatic nitrogens is 4. The van der Waals surface area contributed by atoms with Gasteiger partial charge in [-0.3, -0.25) is 0 Å². The first kappa shape index (κ1) is 11.6. The predicted octanol–water partition coefficient (Wildman–Crippen LogP) is 2.55. The molecule has 0 aliphatic rings. The van der Waals surface area contributed by atoms with Crippen LogP contribution >= 0.6 is 0 Å². The standard InChI is InChI=1S/C14H14N4O/c1-9-4-3-5-11(6-9)7-19-14-12-13(16-8-15-12)17-10(2)18-14/h3-6,8H,7H2,1-2H3,(H,15,16,17,18). The van der Waals surface area contributed by atoms with Crippen LogP contribution in [0.2, 0.25) is 0 Å². The third-order valence-corrected chi connectivity index (χ3v) is 2.82. The zero-order valence-electron chi connectivity index (χ0n) is 10.8. The van der Waals surface area contributed by atoms with E-state index in [-0.39, 0.29) is 0 Å². The molecule has 3 rings (SSSR count). The minimum Gasteiger partial charge on any atom is -0.471 e. The van der Waals surface area contributed by atoms with Crippen LogP contribution in [-0.2, 0) is 6.61 Å². The Balaban J connectivity index is 1.87. The van der Waals surface area contributed by atoms with Crippen LogP contribution in [0, 0.1) is 13.8 Å². The van der Waals surface area contributed by atoms with Crippen LogP contribution in [0.1, 0.15) is 17.0 Å². The summed E-state index contributed by atoms with van der Waals surface area (Å²) in [7, 11) is 0. The lowest BCUT2D eigenvalue weighted by Gasteiger charge is -2.07. The van der Waals surface area contributed by atoms with E-state index in [4.69, 9.17) is 4.74 Å². The fourth-order valence-corrected chi connectivity index (χ4v) is 1.97. The average Bonchev–Trinajstić information content (AvgIpc) is 2.84. The van der Waals surface area contributed by atoms with E-state index in [1.54, 1.807) is 6.33 Å². The minimum atomic E-state index is 0.472. The first-order chi connectivity index (χ1) is 9.22. The molecule has 2 aromatic heterocycles. The van der Waals surface area contributed by atoms with Crippen molar-refractivity contribution < 1.29 is 4.74 Å². The van der Waals surface area contributed by atoms with Crippen molar-refractivity contribution in [1.29, 1.82) is 0 Å². The van der Waals surface area contributed by atoms with Gasteiger partial charge >= 0.3 is 0 Å². The highest BCUT2D eigenvalue weighted by molar-refractivity contribution is 5.75. The lowest BCUT2D eigenvalue weighted by Crippen LogP contribution is -2.00. The molecule has 0 aliphatic carbocycles. The van der Waals surface area contributed by atoms with Crippen molar-refractivity contribution in [3.63, 3.8) is 0 Å². The molecular formula is C14H14N4O. The summed E-state index contributed by atoms with van der Waals surface area (Å²) in [5.41, 5.74) is 3.69. The fraction of sp³-hybridized carbons (Fsp3) is 0.214. The van der Waals surface area contributed by atoms with E-state index in [2.05, 4.69) is 39.0 Å². The van der Waals surface area contributed by atoms with Crippen molar-refractivity contribution in [1.82, 2.24) is 19.9 Å².